The summed E-state index contributed by atoms with van der Waals surface area (Å²) in [4.78, 5) is 12.6. The van der Waals surface area contributed by atoms with Crippen LogP contribution in [0.2, 0.25) is 5.02 Å². The van der Waals surface area contributed by atoms with Gasteiger partial charge < -0.3 is 14.2 Å². The minimum absolute atomic E-state index is 0.0199. The molecule has 0 bridgehead atoms. The van der Waals surface area contributed by atoms with Gasteiger partial charge in [-0.05, 0) is 68.3 Å². The third kappa shape index (κ3) is 6.21. The molecule has 0 unspecified atom stereocenters. The average molecular weight is 511 g/mol. The van der Waals surface area contributed by atoms with Gasteiger partial charge in [0, 0.05) is 5.69 Å². The molecule has 3 aromatic carbocycles. The summed E-state index contributed by atoms with van der Waals surface area (Å²) in [5, 5.41) is 12.2. The molecule has 0 atom stereocenters. The fraction of sp³-hybridized carbons (Fsp3) is 0.154. The Balaban J connectivity index is 1.91. The van der Waals surface area contributed by atoms with Crippen LogP contribution in [-0.4, -0.2) is 21.4 Å². The SMILES string of the molecule is COc1cc(/C=C(\C#N)C(=O)Nc2ccc(C)cc2C)cc(Cl)c1OS(=O)(=O)c1ccc(C)cc1. The van der Waals surface area contributed by atoms with Crippen molar-refractivity contribution in [2.45, 2.75) is 25.7 Å². The molecule has 0 aromatic heterocycles. The number of anilines is 1. The minimum atomic E-state index is -4.18. The summed E-state index contributed by atoms with van der Waals surface area (Å²) in [6.45, 7) is 5.63. The molecule has 3 aromatic rings. The van der Waals surface area contributed by atoms with Crippen LogP contribution in [0.15, 0.2) is 65.1 Å². The number of rotatable bonds is 7. The zero-order valence-electron chi connectivity index (χ0n) is 19.5. The van der Waals surface area contributed by atoms with E-state index in [0.29, 0.717) is 11.3 Å². The second-order valence-electron chi connectivity index (χ2n) is 7.83. The van der Waals surface area contributed by atoms with Crippen LogP contribution < -0.4 is 14.2 Å². The third-order valence-electron chi connectivity index (χ3n) is 5.06. The van der Waals surface area contributed by atoms with Gasteiger partial charge in [0.15, 0.2) is 5.75 Å². The van der Waals surface area contributed by atoms with Crippen molar-refractivity contribution in [2.24, 2.45) is 0 Å². The number of nitrogens with zero attached hydrogens (tertiary/aromatic N) is 1. The molecule has 0 saturated carbocycles. The molecule has 0 aliphatic carbocycles. The van der Waals surface area contributed by atoms with Gasteiger partial charge in [-0.25, -0.2) is 0 Å². The van der Waals surface area contributed by atoms with Crippen LogP contribution in [0.5, 0.6) is 11.5 Å². The highest BCUT2D eigenvalue weighted by Crippen LogP contribution is 2.39. The normalized spacial score (nSPS) is 11.5. The van der Waals surface area contributed by atoms with Gasteiger partial charge >= 0.3 is 10.1 Å². The van der Waals surface area contributed by atoms with Crippen molar-refractivity contribution >= 4 is 39.4 Å². The fourth-order valence-corrected chi connectivity index (χ4v) is 4.49. The summed E-state index contributed by atoms with van der Waals surface area (Å²) in [6.07, 6.45) is 1.32. The number of ether oxygens (including phenoxy) is 1. The van der Waals surface area contributed by atoms with Crippen LogP contribution >= 0.6 is 11.6 Å². The summed E-state index contributed by atoms with van der Waals surface area (Å²) in [7, 11) is -2.86. The number of methoxy groups -OCH3 is 1. The first-order valence-corrected chi connectivity index (χ1v) is 12.2. The van der Waals surface area contributed by atoms with E-state index in [1.54, 1.807) is 18.2 Å². The van der Waals surface area contributed by atoms with Crippen LogP contribution in [0.25, 0.3) is 6.08 Å². The molecule has 0 spiro atoms. The molecular weight excluding hydrogens is 488 g/mol. The molecule has 1 N–H and O–H groups in total. The number of nitriles is 1. The summed E-state index contributed by atoms with van der Waals surface area (Å²) < 4.78 is 36.0. The molecule has 0 fully saturated rings. The van der Waals surface area contributed by atoms with Crippen molar-refractivity contribution < 1.29 is 22.1 Å². The summed E-state index contributed by atoms with van der Waals surface area (Å²) in [6, 6.07) is 16.4. The highest BCUT2D eigenvalue weighted by atomic mass is 35.5. The molecule has 0 aliphatic rings. The number of hydrogen-bond donors (Lipinski definition) is 1. The van der Waals surface area contributed by atoms with E-state index in [-0.39, 0.29) is 27.0 Å². The van der Waals surface area contributed by atoms with E-state index < -0.39 is 16.0 Å². The Kier molecular flexibility index (Phi) is 7.85. The zero-order chi connectivity index (χ0) is 25.8. The molecule has 0 heterocycles. The predicted octanol–water partition coefficient (Wildman–Crippen LogP) is 5.59. The number of halogens is 1. The molecule has 3 rings (SSSR count). The zero-order valence-corrected chi connectivity index (χ0v) is 21.1. The van der Waals surface area contributed by atoms with E-state index >= 15 is 0 Å². The third-order valence-corrected chi connectivity index (χ3v) is 6.58. The van der Waals surface area contributed by atoms with Crippen molar-refractivity contribution in [3.05, 3.63) is 87.4 Å². The quantitative estimate of drug-likeness (QED) is 0.252. The highest BCUT2D eigenvalue weighted by Gasteiger charge is 2.22. The molecular formula is C26H23ClN2O5S. The van der Waals surface area contributed by atoms with E-state index in [1.165, 1.54) is 37.5 Å². The molecule has 180 valence electrons. The molecule has 7 nitrogen and oxygen atoms in total. The van der Waals surface area contributed by atoms with Crippen molar-refractivity contribution in [3.8, 4) is 17.6 Å². The first-order chi connectivity index (χ1) is 16.5. The van der Waals surface area contributed by atoms with Gasteiger partial charge in [0.2, 0.25) is 5.75 Å². The average Bonchev–Trinajstić information content (AvgIpc) is 2.80. The van der Waals surface area contributed by atoms with Gasteiger partial charge in [0.1, 0.15) is 16.5 Å². The molecule has 9 heteroatoms. The highest BCUT2D eigenvalue weighted by molar-refractivity contribution is 7.87. The predicted molar refractivity (Wildman–Crippen MR) is 135 cm³/mol. The number of nitrogens with one attached hydrogen (secondary N) is 1. The Labute approximate surface area is 209 Å². The van der Waals surface area contributed by atoms with Gasteiger partial charge in [-0.15, -0.1) is 0 Å². The van der Waals surface area contributed by atoms with Gasteiger partial charge in [-0.2, -0.15) is 13.7 Å². The van der Waals surface area contributed by atoms with Crippen LogP contribution in [0, 0.1) is 32.1 Å². The van der Waals surface area contributed by atoms with Crippen molar-refractivity contribution in [1.82, 2.24) is 0 Å². The van der Waals surface area contributed by atoms with Gasteiger partial charge in [0.05, 0.1) is 12.1 Å². The van der Waals surface area contributed by atoms with Gasteiger partial charge in [-0.3, -0.25) is 4.79 Å². The molecule has 1 amide bonds. The van der Waals surface area contributed by atoms with Crippen LogP contribution in [0.4, 0.5) is 5.69 Å². The Hall–Kier alpha value is -3.80. The number of benzene rings is 3. The Morgan fingerprint density at radius 1 is 1.03 bits per heavy atom. The largest absolute Gasteiger partial charge is 0.493 e. The van der Waals surface area contributed by atoms with E-state index in [4.69, 9.17) is 20.5 Å². The standard InChI is InChI=1S/C26H23ClN2O5S/c1-16-5-8-21(9-6-16)35(31,32)34-25-22(27)13-19(14-24(25)33-4)12-20(15-28)26(30)29-23-10-7-17(2)11-18(23)3/h5-14H,1-4H3,(H,29,30)/b20-12+. The molecule has 35 heavy (non-hydrogen) atoms. The van der Waals surface area contributed by atoms with E-state index in [9.17, 15) is 18.5 Å². The number of amides is 1. The number of carbonyl (C=O) groups is 1. The summed E-state index contributed by atoms with van der Waals surface area (Å²) in [5.74, 6) is -0.784. The van der Waals surface area contributed by atoms with E-state index in [1.807, 2.05) is 39.0 Å². The maximum absolute atomic E-state index is 12.7. The lowest BCUT2D eigenvalue weighted by Gasteiger charge is -2.13. The van der Waals surface area contributed by atoms with Crippen molar-refractivity contribution in [1.29, 1.82) is 5.26 Å². The maximum Gasteiger partial charge on any atom is 0.339 e. The Morgan fingerprint density at radius 2 is 1.69 bits per heavy atom. The maximum atomic E-state index is 12.7. The fourth-order valence-electron chi connectivity index (χ4n) is 3.23. The minimum Gasteiger partial charge on any atom is -0.493 e. The smallest absolute Gasteiger partial charge is 0.339 e. The second kappa shape index (κ2) is 10.6. The molecule has 0 aliphatic heterocycles. The Bertz CT molecular complexity index is 1460. The molecule has 0 radical (unpaired) electrons. The first-order valence-electron chi connectivity index (χ1n) is 10.4. The monoisotopic (exact) mass is 510 g/mol. The van der Waals surface area contributed by atoms with E-state index in [2.05, 4.69) is 5.32 Å². The van der Waals surface area contributed by atoms with E-state index in [0.717, 1.165) is 16.7 Å². The van der Waals surface area contributed by atoms with Crippen LogP contribution in [0.3, 0.4) is 0 Å². The lowest BCUT2D eigenvalue weighted by Crippen LogP contribution is -2.14. The first kappa shape index (κ1) is 25.8. The van der Waals surface area contributed by atoms with Crippen LogP contribution in [-0.2, 0) is 14.9 Å². The van der Waals surface area contributed by atoms with Crippen molar-refractivity contribution in [3.63, 3.8) is 0 Å². The van der Waals surface area contributed by atoms with Crippen LogP contribution in [0.1, 0.15) is 22.3 Å². The second-order valence-corrected chi connectivity index (χ2v) is 9.78. The lowest BCUT2D eigenvalue weighted by molar-refractivity contribution is -0.112. The molecule has 0 saturated heterocycles. The number of aryl methyl sites for hydroxylation is 3. The van der Waals surface area contributed by atoms with Gasteiger partial charge in [-0.1, -0.05) is 47.0 Å². The summed E-state index contributed by atoms with van der Waals surface area (Å²) in [5.41, 5.74) is 3.55. The number of carbonyl (C=O) groups excluding carboxylic acids is 1. The summed E-state index contributed by atoms with van der Waals surface area (Å²) >= 11 is 6.32. The van der Waals surface area contributed by atoms with Gasteiger partial charge in [0.25, 0.3) is 5.91 Å². The Morgan fingerprint density at radius 3 is 2.29 bits per heavy atom. The van der Waals surface area contributed by atoms with Crippen molar-refractivity contribution in [2.75, 3.05) is 12.4 Å². The topological polar surface area (TPSA) is 105 Å². The number of hydrogen-bond acceptors (Lipinski definition) is 6. The lowest BCUT2D eigenvalue weighted by atomic mass is 10.1.